The number of H-pyrrole nitrogens is 1. The quantitative estimate of drug-likeness (QED) is 0.727. The van der Waals surface area contributed by atoms with Crippen molar-refractivity contribution in [2.75, 3.05) is 14.2 Å². The fourth-order valence-electron chi connectivity index (χ4n) is 2.64. The highest BCUT2D eigenvalue weighted by Crippen LogP contribution is 2.20. The van der Waals surface area contributed by atoms with Crippen molar-refractivity contribution in [3.8, 4) is 5.75 Å². The van der Waals surface area contributed by atoms with E-state index < -0.39 is 0 Å². The highest BCUT2D eigenvalue weighted by Gasteiger charge is 2.16. The Hall–Kier alpha value is -2.60. The molecule has 0 saturated heterocycles. The van der Waals surface area contributed by atoms with Crippen molar-refractivity contribution in [1.82, 2.24) is 9.88 Å². The summed E-state index contributed by atoms with van der Waals surface area (Å²) < 4.78 is 5.95. The zero-order valence-electron chi connectivity index (χ0n) is 13.9. The molecule has 0 aliphatic carbocycles. The Labute approximate surface area is 153 Å². The highest BCUT2D eigenvalue weighted by molar-refractivity contribution is 9.10. The second kappa shape index (κ2) is 7.11. The van der Waals surface area contributed by atoms with Crippen molar-refractivity contribution >= 4 is 32.7 Å². The largest absolute Gasteiger partial charge is 0.497 e. The molecule has 0 aliphatic heterocycles. The minimum absolute atomic E-state index is 0.155. The molecule has 0 atom stereocenters. The summed E-state index contributed by atoms with van der Waals surface area (Å²) in [5, 5.41) is 0.857. The van der Waals surface area contributed by atoms with Crippen molar-refractivity contribution in [1.29, 1.82) is 0 Å². The van der Waals surface area contributed by atoms with Gasteiger partial charge in [-0.15, -0.1) is 0 Å². The van der Waals surface area contributed by atoms with Crippen LogP contribution < -0.4 is 10.3 Å². The van der Waals surface area contributed by atoms with Gasteiger partial charge in [0.05, 0.1) is 19.2 Å². The van der Waals surface area contributed by atoms with Gasteiger partial charge >= 0.3 is 0 Å². The van der Waals surface area contributed by atoms with E-state index in [1.165, 1.54) is 4.90 Å². The van der Waals surface area contributed by atoms with Crippen LogP contribution in [0.1, 0.15) is 15.9 Å². The molecule has 1 heterocycles. The number of pyridine rings is 1. The van der Waals surface area contributed by atoms with Crippen molar-refractivity contribution in [3.63, 3.8) is 0 Å². The van der Waals surface area contributed by atoms with Gasteiger partial charge in [0.25, 0.3) is 11.5 Å². The van der Waals surface area contributed by atoms with E-state index in [-0.39, 0.29) is 18.0 Å². The molecule has 2 aromatic carbocycles. The Bertz CT molecular complexity index is 997. The van der Waals surface area contributed by atoms with E-state index in [1.54, 1.807) is 44.5 Å². The van der Waals surface area contributed by atoms with E-state index >= 15 is 0 Å². The number of aromatic nitrogens is 1. The van der Waals surface area contributed by atoms with Gasteiger partial charge in [-0.05, 0) is 52.3 Å². The third kappa shape index (κ3) is 3.58. The first-order valence-corrected chi connectivity index (χ1v) is 8.49. The number of hydrogen-bond acceptors (Lipinski definition) is 3. The third-order valence-corrected chi connectivity index (χ3v) is 4.68. The first-order chi connectivity index (χ1) is 12.0. The molecule has 3 rings (SSSR count). The summed E-state index contributed by atoms with van der Waals surface area (Å²) in [4.78, 5) is 29.3. The third-order valence-electron chi connectivity index (χ3n) is 3.99. The van der Waals surface area contributed by atoms with Crippen LogP contribution in [-0.4, -0.2) is 29.9 Å². The van der Waals surface area contributed by atoms with Crippen LogP contribution in [0.25, 0.3) is 10.9 Å². The molecule has 6 heteroatoms. The number of fused-ring (bicyclic) bond motifs is 1. The molecular weight excluding hydrogens is 384 g/mol. The van der Waals surface area contributed by atoms with Crippen molar-refractivity contribution in [2.24, 2.45) is 0 Å². The highest BCUT2D eigenvalue weighted by atomic mass is 79.9. The summed E-state index contributed by atoms with van der Waals surface area (Å²) in [6, 6.07) is 14.5. The Morgan fingerprint density at radius 2 is 1.96 bits per heavy atom. The molecule has 25 heavy (non-hydrogen) atoms. The summed E-state index contributed by atoms with van der Waals surface area (Å²) in [7, 11) is 3.27. The molecule has 0 fully saturated rings. The average Bonchev–Trinajstić information content (AvgIpc) is 2.61. The smallest absolute Gasteiger partial charge is 0.255 e. The number of carbonyl (C=O) groups excluding carboxylic acids is 1. The number of hydrogen-bond donors (Lipinski definition) is 1. The molecule has 0 saturated carbocycles. The van der Waals surface area contributed by atoms with E-state index in [2.05, 4.69) is 20.9 Å². The van der Waals surface area contributed by atoms with E-state index in [9.17, 15) is 9.59 Å². The van der Waals surface area contributed by atoms with Crippen LogP contribution in [0.3, 0.4) is 0 Å². The van der Waals surface area contributed by atoms with Crippen LogP contribution in [0.2, 0.25) is 0 Å². The van der Waals surface area contributed by atoms with Crippen LogP contribution in [0, 0.1) is 0 Å². The van der Waals surface area contributed by atoms with E-state index in [4.69, 9.17) is 4.74 Å². The topological polar surface area (TPSA) is 62.4 Å². The van der Waals surface area contributed by atoms with Crippen molar-refractivity contribution in [3.05, 3.63) is 74.5 Å². The summed E-state index contributed by atoms with van der Waals surface area (Å²) in [5.41, 5.74) is 1.60. The molecule has 0 radical (unpaired) electrons. The number of benzene rings is 2. The van der Waals surface area contributed by atoms with Gasteiger partial charge in [0.1, 0.15) is 5.75 Å². The van der Waals surface area contributed by atoms with E-state index in [0.717, 1.165) is 15.4 Å². The lowest BCUT2D eigenvalue weighted by Gasteiger charge is -2.18. The fraction of sp³-hybridized carbons (Fsp3) is 0.158. The molecule has 0 bridgehead atoms. The van der Waals surface area contributed by atoms with Gasteiger partial charge in [0.2, 0.25) is 0 Å². The molecule has 128 valence electrons. The second-order valence-electron chi connectivity index (χ2n) is 5.72. The molecule has 0 spiro atoms. The Balaban J connectivity index is 1.91. The minimum Gasteiger partial charge on any atom is -0.497 e. The standard InChI is InChI=1S/C19H17BrN2O3/c1-22(19(24)15-5-3-4-6-16(15)20)11-13-9-12-10-14(25-2)7-8-17(12)21-18(13)23/h3-10H,11H2,1-2H3,(H,21,23). The Kier molecular flexibility index (Phi) is 4.90. The molecule has 5 nitrogen and oxygen atoms in total. The first-order valence-electron chi connectivity index (χ1n) is 7.69. The Morgan fingerprint density at radius 1 is 1.20 bits per heavy atom. The van der Waals surface area contributed by atoms with Crippen LogP contribution >= 0.6 is 15.9 Å². The maximum absolute atomic E-state index is 12.6. The molecule has 0 aliphatic rings. The molecule has 0 unspecified atom stereocenters. The number of aromatic amines is 1. The zero-order valence-corrected chi connectivity index (χ0v) is 15.5. The van der Waals surface area contributed by atoms with Crippen molar-refractivity contribution in [2.45, 2.75) is 6.54 Å². The number of nitrogens with zero attached hydrogens (tertiary/aromatic N) is 1. The van der Waals surface area contributed by atoms with Gasteiger partial charge in [0.15, 0.2) is 0 Å². The SMILES string of the molecule is COc1ccc2[nH]c(=O)c(CN(C)C(=O)c3ccccc3Br)cc2c1. The number of halogens is 1. The summed E-state index contributed by atoms with van der Waals surface area (Å²) in [5.74, 6) is 0.556. The van der Waals surface area contributed by atoms with Gasteiger partial charge < -0.3 is 14.6 Å². The summed E-state index contributed by atoms with van der Waals surface area (Å²) in [6.45, 7) is 0.211. The van der Waals surface area contributed by atoms with Gasteiger partial charge in [-0.1, -0.05) is 12.1 Å². The van der Waals surface area contributed by atoms with Gasteiger partial charge in [-0.2, -0.15) is 0 Å². The lowest BCUT2D eigenvalue weighted by atomic mass is 10.1. The number of carbonyl (C=O) groups is 1. The zero-order chi connectivity index (χ0) is 18.0. The normalized spacial score (nSPS) is 10.7. The Morgan fingerprint density at radius 3 is 2.68 bits per heavy atom. The van der Waals surface area contributed by atoms with Crippen LogP contribution in [0.4, 0.5) is 0 Å². The van der Waals surface area contributed by atoms with Gasteiger partial charge in [-0.25, -0.2) is 0 Å². The van der Waals surface area contributed by atoms with E-state index in [1.807, 2.05) is 18.2 Å². The monoisotopic (exact) mass is 400 g/mol. The number of rotatable bonds is 4. The number of methoxy groups -OCH3 is 1. The number of nitrogens with one attached hydrogen (secondary N) is 1. The predicted octanol–water partition coefficient (Wildman–Crippen LogP) is 3.57. The molecule has 1 aromatic heterocycles. The maximum Gasteiger partial charge on any atom is 0.255 e. The minimum atomic E-state index is -0.204. The van der Waals surface area contributed by atoms with Gasteiger partial charge in [-0.3, -0.25) is 9.59 Å². The number of amides is 1. The van der Waals surface area contributed by atoms with Gasteiger partial charge in [0, 0.05) is 28.0 Å². The van der Waals surface area contributed by atoms with Crippen molar-refractivity contribution < 1.29 is 9.53 Å². The average molecular weight is 401 g/mol. The van der Waals surface area contributed by atoms with Crippen LogP contribution in [0.15, 0.2) is 57.8 Å². The molecule has 3 aromatic rings. The summed E-state index contributed by atoms with van der Waals surface area (Å²) >= 11 is 3.38. The van der Waals surface area contributed by atoms with Crippen LogP contribution in [0.5, 0.6) is 5.75 Å². The van der Waals surface area contributed by atoms with E-state index in [0.29, 0.717) is 16.9 Å². The predicted molar refractivity (Wildman–Crippen MR) is 101 cm³/mol. The molecule has 1 N–H and O–H groups in total. The molecule has 1 amide bonds. The lowest BCUT2D eigenvalue weighted by molar-refractivity contribution is 0.0784. The maximum atomic E-state index is 12.6. The summed E-state index contributed by atoms with van der Waals surface area (Å²) in [6.07, 6.45) is 0. The lowest BCUT2D eigenvalue weighted by Crippen LogP contribution is -2.29. The number of ether oxygens (including phenoxy) is 1. The van der Waals surface area contributed by atoms with Crippen LogP contribution in [-0.2, 0) is 6.54 Å². The molecular formula is C19H17BrN2O3. The fourth-order valence-corrected chi connectivity index (χ4v) is 3.10. The second-order valence-corrected chi connectivity index (χ2v) is 6.57. The first kappa shape index (κ1) is 17.2.